The van der Waals surface area contributed by atoms with Crippen LogP contribution in [-0.4, -0.2) is 44.1 Å². The van der Waals surface area contributed by atoms with Gasteiger partial charge in [-0.1, -0.05) is 48.5 Å². The maximum Gasteiger partial charge on any atom is 0.255 e. The van der Waals surface area contributed by atoms with E-state index in [9.17, 15) is 9.59 Å². The summed E-state index contributed by atoms with van der Waals surface area (Å²) in [7, 11) is 4.55. The average molecular weight is 447 g/mol. The molecule has 0 aromatic heterocycles. The first kappa shape index (κ1) is 22.2. The number of amides is 2. The van der Waals surface area contributed by atoms with Crippen molar-refractivity contribution in [2.24, 2.45) is 0 Å². The van der Waals surface area contributed by atoms with Crippen molar-refractivity contribution in [1.82, 2.24) is 4.90 Å². The van der Waals surface area contributed by atoms with E-state index in [1.54, 1.807) is 23.1 Å². The molecule has 170 valence electrons. The first-order valence-electron chi connectivity index (χ1n) is 10.6. The number of rotatable bonds is 8. The second kappa shape index (κ2) is 9.65. The van der Waals surface area contributed by atoms with Gasteiger partial charge in [0.2, 0.25) is 11.7 Å². The third kappa shape index (κ3) is 4.48. The number of nitrogens with zero attached hydrogens (tertiary/aromatic N) is 1. The van der Waals surface area contributed by atoms with E-state index in [0.717, 1.165) is 11.1 Å². The van der Waals surface area contributed by atoms with Crippen molar-refractivity contribution in [3.63, 3.8) is 0 Å². The van der Waals surface area contributed by atoms with Crippen LogP contribution in [0.3, 0.4) is 0 Å². The predicted molar refractivity (Wildman–Crippen MR) is 125 cm³/mol. The molecule has 3 aromatic rings. The van der Waals surface area contributed by atoms with Gasteiger partial charge in [-0.2, -0.15) is 0 Å². The second-order valence-corrected chi connectivity index (χ2v) is 7.70. The molecule has 3 aromatic carbocycles. The summed E-state index contributed by atoms with van der Waals surface area (Å²) in [6.45, 7) is 0.384. The summed E-state index contributed by atoms with van der Waals surface area (Å²) < 4.78 is 16.2. The van der Waals surface area contributed by atoms with E-state index in [0.29, 0.717) is 41.5 Å². The van der Waals surface area contributed by atoms with Gasteiger partial charge in [0.1, 0.15) is 6.04 Å². The highest BCUT2D eigenvalue weighted by Gasteiger charge is 2.36. The molecule has 7 nitrogen and oxygen atoms in total. The number of fused-ring (bicyclic) bond motifs is 1. The van der Waals surface area contributed by atoms with Gasteiger partial charge in [0, 0.05) is 36.3 Å². The normalized spacial score (nSPS) is 13.3. The molecule has 0 aliphatic carbocycles. The molecule has 0 bridgehead atoms. The molecule has 0 fully saturated rings. The molecular formula is C26H26N2O5. The molecule has 2 amide bonds. The molecule has 0 spiro atoms. The van der Waals surface area contributed by atoms with Gasteiger partial charge in [0.15, 0.2) is 11.5 Å². The Hall–Kier alpha value is -4.00. The lowest BCUT2D eigenvalue weighted by atomic mass is 10.0. The van der Waals surface area contributed by atoms with Crippen LogP contribution < -0.4 is 19.5 Å². The Morgan fingerprint density at radius 3 is 2.18 bits per heavy atom. The molecule has 1 heterocycles. The van der Waals surface area contributed by atoms with Crippen molar-refractivity contribution < 1.29 is 23.8 Å². The minimum Gasteiger partial charge on any atom is -0.493 e. The molecule has 0 unspecified atom stereocenters. The van der Waals surface area contributed by atoms with Crippen LogP contribution in [0.1, 0.15) is 21.5 Å². The molecule has 1 aliphatic heterocycles. The van der Waals surface area contributed by atoms with Crippen LogP contribution in [0.2, 0.25) is 0 Å². The third-order valence-electron chi connectivity index (χ3n) is 5.73. The summed E-state index contributed by atoms with van der Waals surface area (Å²) >= 11 is 0. The van der Waals surface area contributed by atoms with E-state index in [1.165, 1.54) is 21.3 Å². The topological polar surface area (TPSA) is 77.1 Å². The number of methoxy groups -OCH3 is 3. The Balaban J connectivity index is 1.65. The number of benzene rings is 3. The predicted octanol–water partition coefficient (Wildman–Crippen LogP) is 3.92. The fourth-order valence-corrected chi connectivity index (χ4v) is 4.09. The smallest absolute Gasteiger partial charge is 0.255 e. The van der Waals surface area contributed by atoms with E-state index in [-0.39, 0.29) is 11.8 Å². The minimum atomic E-state index is -0.702. The highest BCUT2D eigenvalue weighted by Crippen LogP contribution is 2.40. The fourth-order valence-electron chi connectivity index (χ4n) is 4.09. The van der Waals surface area contributed by atoms with Crippen LogP contribution in [0.5, 0.6) is 17.2 Å². The van der Waals surface area contributed by atoms with Crippen molar-refractivity contribution in [3.05, 3.63) is 83.4 Å². The Bertz CT molecular complexity index is 1140. The fraction of sp³-hybridized carbons (Fsp3) is 0.231. The zero-order chi connectivity index (χ0) is 23.4. The van der Waals surface area contributed by atoms with Crippen LogP contribution in [0.4, 0.5) is 5.69 Å². The van der Waals surface area contributed by atoms with Crippen molar-refractivity contribution in [2.45, 2.75) is 19.0 Å². The molecule has 33 heavy (non-hydrogen) atoms. The molecule has 0 saturated carbocycles. The molecule has 1 atom stereocenters. The SMILES string of the molecule is COc1cc(NC(=O)[C@H](Cc2ccccc2)N2Cc3ccccc3C2=O)cc(OC)c1OC. The summed E-state index contributed by atoms with van der Waals surface area (Å²) in [5, 5.41) is 2.94. The zero-order valence-electron chi connectivity index (χ0n) is 18.8. The van der Waals surface area contributed by atoms with Crippen LogP contribution in [0, 0.1) is 0 Å². The van der Waals surface area contributed by atoms with E-state index in [2.05, 4.69) is 5.32 Å². The van der Waals surface area contributed by atoms with E-state index >= 15 is 0 Å². The summed E-state index contributed by atoms with van der Waals surface area (Å²) in [6.07, 6.45) is 0.386. The van der Waals surface area contributed by atoms with Gasteiger partial charge in [-0.15, -0.1) is 0 Å². The molecule has 0 saturated heterocycles. The number of ether oxygens (including phenoxy) is 3. The first-order valence-corrected chi connectivity index (χ1v) is 10.6. The van der Waals surface area contributed by atoms with Crippen LogP contribution in [0.25, 0.3) is 0 Å². The van der Waals surface area contributed by atoms with Gasteiger partial charge in [0.05, 0.1) is 21.3 Å². The molecule has 1 aliphatic rings. The van der Waals surface area contributed by atoms with Gasteiger partial charge in [-0.3, -0.25) is 9.59 Å². The van der Waals surface area contributed by atoms with Crippen molar-refractivity contribution in [2.75, 3.05) is 26.6 Å². The summed E-state index contributed by atoms with van der Waals surface area (Å²) in [5.41, 5.74) is 3.00. The van der Waals surface area contributed by atoms with Crippen molar-refractivity contribution in [3.8, 4) is 17.2 Å². The quantitative estimate of drug-likeness (QED) is 0.568. The lowest BCUT2D eigenvalue weighted by Crippen LogP contribution is -2.45. The number of nitrogens with one attached hydrogen (secondary N) is 1. The first-order chi connectivity index (χ1) is 16.0. The minimum absolute atomic E-state index is 0.147. The second-order valence-electron chi connectivity index (χ2n) is 7.70. The summed E-state index contributed by atoms with van der Waals surface area (Å²) in [4.78, 5) is 28.3. The van der Waals surface area contributed by atoms with Gasteiger partial charge < -0.3 is 24.4 Å². The largest absolute Gasteiger partial charge is 0.493 e. The van der Waals surface area contributed by atoms with Gasteiger partial charge in [0.25, 0.3) is 5.91 Å². The number of hydrogen-bond acceptors (Lipinski definition) is 5. The Morgan fingerprint density at radius 1 is 0.939 bits per heavy atom. The Morgan fingerprint density at radius 2 is 1.58 bits per heavy atom. The van der Waals surface area contributed by atoms with Crippen molar-refractivity contribution in [1.29, 1.82) is 0 Å². The molecule has 1 N–H and O–H groups in total. The number of anilines is 1. The van der Waals surface area contributed by atoms with Gasteiger partial charge >= 0.3 is 0 Å². The van der Waals surface area contributed by atoms with Gasteiger partial charge in [-0.25, -0.2) is 0 Å². The maximum absolute atomic E-state index is 13.5. The van der Waals surface area contributed by atoms with Gasteiger partial charge in [-0.05, 0) is 17.2 Å². The Kier molecular flexibility index (Phi) is 6.49. The Labute approximate surface area is 192 Å². The van der Waals surface area contributed by atoms with Crippen molar-refractivity contribution >= 4 is 17.5 Å². The lowest BCUT2D eigenvalue weighted by Gasteiger charge is -2.27. The molecule has 0 radical (unpaired) electrons. The standard InChI is InChI=1S/C26H26N2O5/c1-31-22-14-19(15-23(32-2)24(22)33-3)27-25(29)21(13-17-9-5-4-6-10-17)28-16-18-11-7-8-12-20(18)26(28)30/h4-12,14-15,21H,13,16H2,1-3H3,(H,27,29)/t21-/m0/s1. The van der Waals surface area contributed by atoms with E-state index in [4.69, 9.17) is 14.2 Å². The van der Waals surface area contributed by atoms with Crippen LogP contribution >= 0.6 is 0 Å². The maximum atomic E-state index is 13.5. The van der Waals surface area contributed by atoms with Crippen LogP contribution in [-0.2, 0) is 17.8 Å². The highest BCUT2D eigenvalue weighted by molar-refractivity contribution is 6.03. The monoisotopic (exact) mass is 446 g/mol. The van der Waals surface area contributed by atoms with E-state index in [1.807, 2.05) is 48.5 Å². The summed E-state index contributed by atoms with van der Waals surface area (Å²) in [6, 6.07) is 19.8. The van der Waals surface area contributed by atoms with E-state index < -0.39 is 6.04 Å². The molecule has 7 heteroatoms. The number of carbonyl (C=O) groups is 2. The number of hydrogen-bond donors (Lipinski definition) is 1. The average Bonchev–Trinajstić information content (AvgIpc) is 3.18. The molecular weight excluding hydrogens is 420 g/mol. The van der Waals surface area contributed by atoms with Crippen LogP contribution in [0.15, 0.2) is 66.7 Å². The zero-order valence-corrected chi connectivity index (χ0v) is 18.8. The molecule has 4 rings (SSSR count). The lowest BCUT2D eigenvalue weighted by molar-refractivity contribution is -0.120. The summed E-state index contributed by atoms with van der Waals surface area (Å²) in [5.74, 6) is 0.845. The number of carbonyl (C=O) groups excluding carboxylic acids is 2. The third-order valence-corrected chi connectivity index (χ3v) is 5.73. The highest BCUT2D eigenvalue weighted by atomic mass is 16.5.